The number of nitrogen functional groups attached to an aromatic ring is 1. The molecule has 1 fully saturated rings. The number of ether oxygens (including phenoxy) is 1. The molecule has 0 spiro atoms. The molecule has 0 aromatic carbocycles. The van der Waals surface area contributed by atoms with Gasteiger partial charge in [-0.1, -0.05) is 0 Å². The lowest BCUT2D eigenvalue weighted by molar-refractivity contribution is -0.129. The van der Waals surface area contributed by atoms with E-state index < -0.39 is 0 Å². The molecule has 2 aromatic rings. The van der Waals surface area contributed by atoms with Gasteiger partial charge in [0.1, 0.15) is 30.1 Å². The Hall–Kier alpha value is -1.95. The zero-order chi connectivity index (χ0) is 12.7. The van der Waals surface area contributed by atoms with Crippen LogP contribution in [0.15, 0.2) is 18.6 Å². The summed E-state index contributed by atoms with van der Waals surface area (Å²) in [6.07, 6.45) is 4.42. The predicted molar refractivity (Wildman–Crippen MR) is 65.8 cm³/mol. The number of Topliss-reactive ketones (excluding diaryl/α,β-unsaturated/α-hetero) is 1. The van der Waals surface area contributed by atoms with Crippen LogP contribution in [0, 0.1) is 0 Å². The summed E-state index contributed by atoms with van der Waals surface area (Å²) in [4.78, 5) is 19.5. The number of carbonyl (C=O) groups excluding carboxylic acids is 1. The number of hydrogen-bond donors (Lipinski definition) is 1. The maximum atomic E-state index is 11.3. The summed E-state index contributed by atoms with van der Waals surface area (Å²) in [5, 5.41) is 0.812. The van der Waals surface area contributed by atoms with Gasteiger partial charge in [0.2, 0.25) is 0 Å². The lowest BCUT2D eigenvalue weighted by Gasteiger charge is -2.14. The molecule has 1 saturated heterocycles. The summed E-state index contributed by atoms with van der Waals surface area (Å²) in [6, 6.07) is 1.87. The van der Waals surface area contributed by atoms with Crippen molar-refractivity contribution < 1.29 is 9.53 Å². The third kappa shape index (κ3) is 1.65. The van der Waals surface area contributed by atoms with E-state index in [1.807, 2.05) is 16.8 Å². The topological polar surface area (TPSA) is 83.0 Å². The van der Waals surface area contributed by atoms with Crippen molar-refractivity contribution in [2.45, 2.75) is 32.1 Å². The Kier molecular flexibility index (Phi) is 2.52. The highest BCUT2D eigenvalue weighted by molar-refractivity contribution is 5.86. The zero-order valence-electron chi connectivity index (χ0n) is 10.0. The number of fused-ring (bicyclic) bond motifs is 1. The molecule has 2 atom stereocenters. The standard InChI is InChI=1S/C12H14N4O2/c1-7(17)9-2-3-10(18-9)16-5-4-8-11(13)14-6-15-12(8)16/h4-6,9-10H,2-3H2,1H3,(H2,13,14,15)/t9-,10+/m0/s1. The van der Waals surface area contributed by atoms with Crippen LogP contribution in [0.25, 0.3) is 11.0 Å². The molecular formula is C12H14N4O2. The van der Waals surface area contributed by atoms with Crippen molar-refractivity contribution in [2.75, 3.05) is 5.73 Å². The van der Waals surface area contributed by atoms with Gasteiger partial charge in [-0.3, -0.25) is 4.79 Å². The monoisotopic (exact) mass is 246 g/mol. The molecular weight excluding hydrogens is 232 g/mol. The molecule has 6 nitrogen and oxygen atoms in total. The van der Waals surface area contributed by atoms with Gasteiger partial charge in [0.15, 0.2) is 5.78 Å². The van der Waals surface area contributed by atoms with E-state index in [0.29, 0.717) is 5.82 Å². The molecule has 18 heavy (non-hydrogen) atoms. The van der Waals surface area contributed by atoms with Crippen LogP contribution >= 0.6 is 0 Å². The van der Waals surface area contributed by atoms with Crippen LogP contribution in [0.5, 0.6) is 0 Å². The van der Waals surface area contributed by atoms with Crippen molar-refractivity contribution in [3.8, 4) is 0 Å². The number of rotatable bonds is 2. The molecule has 2 aromatic heterocycles. The summed E-state index contributed by atoms with van der Waals surface area (Å²) in [5.41, 5.74) is 6.53. The number of hydrogen-bond acceptors (Lipinski definition) is 5. The highest BCUT2D eigenvalue weighted by Crippen LogP contribution is 2.32. The van der Waals surface area contributed by atoms with Gasteiger partial charge in [-0.15, -0.1) is 0 Å². The Morgan fingerprint density at radius 1 is 1.50 bits per heavy atom. The van der Waals surface area contributed by atoms with Crippen molar-refractivity contribution in [2.24, 2.45) is 0 Å². The van der Waals surface area contributed by atoms with E-state index in [1.54, 1.807) is 6.92 Å². The third-order valence-corrected chi connectivity index (χ3v) is 3.30. The highest BCUT2D eigenvalue weighted by atomic mass is 16.5. The summed E-state index contributed by atoms with van der Waals surface area (Å²) in [6.45, 7) is 1.56. The molecule has 94 valence electrons. The molecule has 0 amide bonds. The first-order valence-corrected chi connectivity index (χ1v) is 5.89. The van der Waals surface area contributed by atoms with Crippen molar-refractivity contribution in [3.05, 3.63) is 18.6 Å². The summed E-state index contributed by atoms with van der Waals surface area (Å²) in [5.74, 6) is 0.531. The molecule has 2 N–H and O–H groups in total. The maximum absolute atomic E-state index is 11.3. The summed E-state index contributed by atoms with van der Waals surface area (Å²) in [7, 11) is 0. The van der Waals surface area contributed by atoms with Gasteiger partial charge in [0.05, 0.1) is 5.39 Å². The van der Waals surface area contributed by atoms with E-state index in [1.165, 1.54) is 6.33 Å². The van der Waals surface area contributed by atoms with Crippen molar-refractivity contribution >= 4 is 22.6 Å². The van der Waals surface area contributed by atoms with Gasteiger partial charge >= 0.3 is 0 Å². The van der Waals surface area contributed by atoms with Crippen molar-refractivity contribution in [1.82, 2.24) is 14.5 Å². The minimum Gasteiger partial charge on any atom is -0.383 e. The van der Waals surface area contributed by atoms with Gasteiger partial charge in [-0.25, -0.2) is 9.97 Å². The fourth-order valence-corrected chi connectivity index (χ4v) is 2.35. The van der Waals surface area contributed by atoms with Gasteiger partial charge in [0.25, 0.3) is 0 Å². The van der Waals surface area contributed by atoms with Crippen LogP contribution in [0.4, 0.5) is 5.82 Å². The second-order valence-corrected chi connectivity index (χ2v) is 4.49. The first kappa shape index (κ1) is 11.2. The highest BCUT2D eigenvalue weighted by Gasteiger charge is 2.30. The average Bonchev–Trinajstić information content (AvgIpc) is 2.94. The fourth-order valence-electron chi connectivity index (χ4n) is 2.35. The molecule has 3 heterocycles. The van der Waals surface area contributed by atoms with Crippen molar-refractivity contribution in [1.29, 1.82) is 0 Å². The van der Waals surface area contributed by atoms with Crippen LogP contribution in [0.2, 0.25) is 0 Å². The van der Waals surface area contributed by atoms with E-state index in [0.717, 1.165) is 23.9 Å². The average molecular weight is 246 g/mol. The largest absolute Gasteiger partial charge is 0.383 e. The predicted octanol–water partition coefficient (Wildman–Crippen LogP) is 1.28. The second kappa shape index (κ2) is 4.06. The second-order valence-electron chi connectivity index (χ2n) is 4.49. The fraction of sp³-hybridized carbons (Fsp3) is 0.417. The van der Waals surface area contributed by atoms with Gasteiger partial charge in [-0.2, -0.15) is 0 Å². The molecule has 0 radical (unpaired) electrons. The molecule has 1 aliphatic heterocycles. The van der Waals surface area contributed by atoms with Crippen LogP contribution in [-0.2, 0) is 9.53 Å². The normalized spacial score (nSPS) is 23.6. The Morgan fingerprint density at radius 3 is 3.06 bits per heavy atom. The first-order valence-electron chi connectivity index (χ1n) is 5.89. The molecule has 6 heteroatoms. The van der Waals surface area contributed by atoms with Crippen LogP contribution < -0.4 is 5.73 Å². The van der Waals surface area contributed by atoms with Crippen molar-refractivity contribution in [3.63, 3.8) is 0 Å². The minimum atomic E-state index is -0.299. The molecule has 0 unspecified atom stereocenters. The number of carbonyl (C=O) groups is 1. The first-order chi connectivity index (χ1) is 8.66. The Balaban J connectivity index is 1.96. The van der Waals surface area contributed by atoms with Crippen LogP contribution in [0.1, 0.15) is 26.0 Å². The minimum absolute atomic E-state index is 0.0723. The molecule has 0 saturated carbocycles. The van der Waals surface area contributed by atoms with E-state index in [4.69, 9.17) is 10.5 Å². The van der Waals surface area contributed by atoms with E-state index in [9.17, 15) is 4.79 Å². The summed E-state index contributed by atoms with van der Waals surface area (Å²) < 4.78 is 7.64. The molecule has 1 aliphatic rings. The zero-order valence-corrected chi connectivity index (χ0v) is 10.0. The molecule has 3 rings (SSSR count). The molecule has 0 aliphatic carbocycles. The molecule has 0 bridgehead atoms. The number of anilines is 1. The Morgan fingerprint density at radius 2 is 2.33 bits per heavy atom. The maximum Gasteiger partial charge on any atom is 0.158 e. The number of aromatic nitrogens is 3. The van der Waals surface area contributed by atoms with Gasteiger partial charge in [-0.05, 0) is 25.8 Å². The van der Waals surface area contributed by atoms with E-state index >= 15 is 0 Å². The smallest absolute Gasteiger partial charge is 0.158 e. The van der Waals surface area contributed by atoms with Crippen LogP contribution in [0.3, 0.4) is 0 Å². The number of nitrogens with two attached hydrogens (primary N) is 1. The summed E-state index contributed by atoms with van der Waals surface area (Å²) >= 11 is 0. The quantitative estimate of drug-likeness (QED) is 0.863. The van der Waals surface area contributed by atoms with E-state index in [-0.39, 0.29) is 18.1 Å². The Bertz CT molecular complexity index is 607. The third-order valence-electron chi connectivity index (χ3n) is 3.30. The Labute approximate surface area is 104 Å². The van der Waals surface area contributed by atoms with Gasteiger partial charge in [0, 0.05) is 6.20 Å². The van der Waals surface area contributed by atoms with Crippen LogP contribution in [-0.4, -0.2) is 26.4 Å². The number of nitrogens with zero attached hydrogens (tertiary/aromatic N) is 3. The lowest BCUT2D eigenvalue weighted by Crippen LogP contribution is -2.17. The lowest BCUT2D eigenvalue weighted by atomic mass is 10.2. The number of ketones is 1. The van der Waals surface area contributed by atoms with Gasteiger partial charge < -0.3 is 15.0 Å². The SMILES string of the molecule is CC(=O)[C@@H]1CC[C@H](n2ccc3c(N)ncnc32)O1. The van der Waals surface area contributed by atoms with E-state index in [2.05, 4.69) is 9.97 Å².